The lowest BCUT2D eigenvalue weighted by molar-refractivity contribution is 0.0727. The Balaban J connectivity index is 1.45. The van der Waals surface area contributed by atoms with Crippen molar-refractivity contribution in [1.29, 1.82) is 0 Å². The molecule has 2 saturated heterocycles. The molecule has 0 radical (unpaired) electrons. The monoisotopic (exact) mass is 404 g/mol. The molecule has 7 nitrogen and oxygen atoms in total. The number of nitrogens with zero attached hydrogens (tertiary/aromatic N) is 6. The molecule has 3 aromatic heterocycles. The first-order valence-electron chi connectivity index (χ1n) is 10.8. The van der Waals surface area contributed by atoms with E-state index < -0.39 is 0 Å². The van der Waals surface area contributed by atoms with E-state index in [-0.39, 0.29) is 11.9 Å². The summed E-state index contributed by atoms with van der Waals surface area (Å²) in [5.41, 5.74) is 3.47. The normalized spacial score (nSPS) is 20.3. The number of rotatable bonds is 3. The molecule has 0 N–H and O–H groups in total. The Hall–Kier alpha value is -2.93. The van der Waals surface area contributed by atoms with Crippen molar-refractivity contribution in [1.82, 2.24) is 24.2 Å². The van der Waals surface area contributed by atoms with Gasteiger partial charge in [0.2, 0.25) is 0 Å². The summed E-state index contributed by atoms with van der Waals surface area (Å²) < 4.78 is 2.07. The molecule has 2 fully saturated rings. The molecule has 2 aliphatic rings. The summed E-state index contributed by atoms with van der Waals surface area (Å²) >= 11 is 0. The van der Waals surface area contributed by atoms with E-state index >= 15 is 0 Å². The molecular formula is C23H28N6O. The molecule has 1 atom stereocenters. The van der Waals surface area contributed by atoms with Crippen molar-refractivity contribution < 1.29 is 4.79 Å². The summed E-state index contributed by atoms with van der Waals surface area (Å²) in [6.45, 7) is 6.84. The molecular weight excluding hydrogens is 376 g/mol. The van der Waals surface area contributed by atoms with Crippen LogP contribution in [0, 0.1) is 6.92 Å². The van der Waals surface area contributed by atoms with Crippen LogP contribution in [-0.4, -0.2) is 69.8 Å². The molecule has 156 valence electrons. The standard InChI is InChI=1S/C23H28N6O/c1-17-6-4-10-24-22(17)19-7-5-11-28(19)23(30)18-16-29-20(25-18)8-3-9-21(29)27-14-12-26(2)13-15-27/h3-4,6,8-10,16,19H,5,7,11-15H2,1-2H3. The van der Waals surface area contributed by atoms with Crippen LogP contribution in [0.5, 0.6) is 0 Å². The molecule has 0 spiro atoms. The van der Waals surface area contributed by atoms with Crippen LogP contribution in [0.2, 0.25) is 0 Å². The molecule has 1 unspecified atom stereocenters. The lowest BCUT2D eigenvalue weighted by atomic mass is 10.1. The van der Waals surface area contributed by atoms with Crippen LogP contribution >= 0.6 is 0 Å². The number of likely N-dealkylation sites (tertiary alicyclic amines) is 1. The summed E-state index contributed by atoms with van der Waals surface area (Å²) in [6, 6.07) is 10.2. The van der Waals surface area contributed by atoms with E-state index in [9.17, 15) is 4.79 Å². The maximum Gasteiger partial charge on any atom is 0.274 e. The highest BCUT2D eigenvalue weighted by Gasteiger charge is 2.33. The number of imidazole rings is 1. The number of aromatic nitrogens is 3. The smallest absolute Gasteiger partial charge is 0.274 e. The number of likely N-dealkylation sites (N-methyl/N-ethyl adjacent to an activating group) is 1. The van der Waals surface area contributed by atoms with Gasteiger partial charge < -0.3 is 14.7 Å². The number of anilines is 1. The molecule has 3 aromatic rings. The third-order valence-electron chi connectivity index (χ3n) is 6.40. The first-order valence-corrected chi connectivity index (χ1v) is 10.8. The van der Waals surface area contributed by atoms with Crippen molar-refractivity contribution in [2.45, 2.75) is 25.8 Å². The Kier molecular flexibility index (Phi) is 4.90. The summed E-state index contributed by atoms with van der Waals surface area (Å²) in [6.07, 6.45) is 5.67. The van der Waals surface area contributed by atoms with Crippen molar-refractivity contribution in [3.63, 3.8) is 0 Å². The van der Waals surface area contributed by atoms with Crippen molar-refractivity contribution in [3.05, 3.63) is 59.7 Å². The Bertz CT molecular complexity index is 1070. The highest BCUT2D eigenvalue weighted by Crippen LogP contribution is 2.33. The highest BCUT2D eigenvalue weighted by molar-refractivity contribution is 5.93. The van der Waals surface area contributed by atoms with E-state index in [4.69, 9.17) is 4.98 Å². The average Bonchev–Trinajstić information content (AvgIpc) is 3.41. The van der Waals surface area contributed by atoms with Crippen LogP contribution < -0.4 is 4.90 Å². The minimum Gasteiger partial charge on any atom is -0.355 e. The van der Waals surface area contributed by atoms with Crippen LogP contribution in [0.15, 0.2) is 42.7 Å². The molecule has 0 aliphatic carbocycles. The summed E-state index contributed by atoms with van der Waals surface area (Å²) in [7, 11) is 2.15. The summed E-state index contributed by atoms with van der Waals surface area (Å²) in [4.78, 5) is 29.4. The number of piperazine rings is 1. The van der Waals surface area contributed by atoms with Crippen LogP contribution in [0.3, 0.4) is 0 Å². The summed E-state index contributed by atoms with van der Waals surface area (Å²) in [5.74, 6) is 1.10. The Labute approximate surface area is 176 Å². The van der Waals surface area contributed by atoms with E-state index in [1.165, 1.54) is 0 Å². The highest BCUT2D eigenvalue weighted by atomic mass is 16.2. The first kappa shape index (κ1) is 19.1. The largest absolute Gasteiger partial charge is 0.355 e. The zero-order valence-electron chi connectivity index (χ0n) is 17.7. The Morgan fingerprint density at radius 1 is 1.07 bits per heavy atom. The second-order valence-electron chi connectivity index (χ2n) is 8.39. The van der Waals surface area contributed by atoms with Gasteiger partial charge in [0.15, 0.2) is 0 Å². The Morgan fingerprint density at radius 3 is 2.70 bits per heavy atom. The minimum absolute atomic E-state index is 0.00409. The maximum atomic E-state index is 13.4. The first-order chi connectivity index (χ1) is 14.6. The van der Waals surface area contributed by atoms with Gasteiger partial charge >= 0.3 is 0 Å². The number of amides is 1. The van der Waals surface area contributed by atoms with Crippen LogP contribution in [-0.2, 0) is 0 Å². The van der Waals surface area contributed by atoms with Crippen molar-refractivity contribution in [2.75, 3.05) is 44.7 Å². The molecule has 7 heteroatoms. The predicted octanol–water partition coefficient (Wildman–Crippen LogP) is 2.77. The SMILES string of the molecule is Cc1cccnc1C1CCCN1C(=O)c1cn2c(N3CCN(C)CC3)cccc2n1. The second kappa shape index (κ2) is 7.72. The fourth-order valence-corrected chi connectivity index (χ4v) is 4.68. The van der Waals surface area contributed by atoms with Crippen LogP contribution in [0.1, 0.15) is 40.6 Å². The van der Waals surface area contributed by atoms with Crippen LogP contribution in [0.25, 0.3) is 5.65 Å². The number of carbonyl (C=O) groups excluding carboxylic acids is 1. The van der Waals surface area contributed by atoms with Gasteiger partial charge in [-0.1, -0.05) is 12.1 Å². The maximum absolute atomic E-state index is 13.4. The third-order valence-corrected chi connectivity index (χ3v) is 6.40. The van der Waals surface area contributed by atoms with E-state index in [2.05, 4.69) is 45.3 Å². The van der Waals surface area contributed by atoms with Crippen molar-refractivity contribution >= 4 is 17.4 Å². The van der Waals surface area contributed by atoms with Gasteiger partial charge in [-0.05, 0) is 50.6 Å². The number of hydrogen-bond acceptors (Lipinski definition) is 5. The molecule has 5 heterocycles. The number of aryl methyl sites for hydroxylation is 1. The molecule has 0 aromatic carbocycles. The molecule has 5 rings (SSSR count). The quantitative estimate of drug-likeness (QED) is 0.672. The number of pyridine rings is 2. The number of fused-ring (bicyclic) bond motifs is 1. The zero-order chi connectivity index (χ0) is 20.7. The Morgan fingerprint density at radius 2 is 1.90 bits per heavy atom. The fraction of sp³-hybridized carbons (Fsp3) is 0.435. The molecule has 2 aliphatic heterocycles. The minimum atomic E-state index is -0.00409. The van der Waals surface area contributed by atoms with E-state index in [0.717, 1.165) is 68.3 Å². The second-order valence-corrected chi connectivity index (χ2v) is 8.39. The van der Waals surface area contributed by atoms with Gasteiger partial charge in [-0.25, -0.2) is 4.98 Å². The lowest BCUT2D eigenvalue weighted by Crippen LogP contribution is -2.45. The van der Waals surface area contributed by atoms with Gasteiger partial charge in [0.05, 0.1) is 11.7 Å². The van der Waals surface area contributed by atoms with Gasteiger partial charge in [-0.15, -0.1) is 0 Å². The van der Waals surface area contributed by atoms with Crippen LogP contribution in [0.4, 0.5) is 5.82 Å². The molecule has 0 saturated carbocycles. The van der Waals surface area contributed by atoms with Gasteiger partial charge in [0, 0.05) is 45.1 Å². The lowest BCUT2D eigenvalue weighted by Gasteiger charge is -2.34. The molecule has 0 bridgehead atoms. The van der Waals surface area contributed by atoms with Gasteiger partial charge in [0.1, 0.15) is 17.2 Å². The zero-order valence-corrected chi connectivity index (χ0v) is 17.7. The van der Waals surface area contributed by atoms with Crippen molar-refractivity contribution in [3.8, 4) is 0 Å². The number of carbonyl (C=O) groups is 1. The average molecular weight is 405 g/mol. The van der Waals surface area contributed by atoms with E-state index in [1.54, 1.807) is 0 Å². The van der Waals surface area contributed by atoms with Gasteiger partial charge in [0.25, 0.3) is 5.91 Å². The van der Waals surface area contributed by atoms with E-state index in [0.29, 0.717) is 5.69 Å². The third kappa shape index (κ3) is 3.33. The van der Waals surface area contributed by atoms with E-state index in [1.807, 2.05) is 35.5 Å². The van der Waals surface area contributed by atoms with Gasteiger partial charge in [-0.2, -0.15) is 0 Å². The molecule has 1 amide bonds. The predicted molar refractivity (Wildman–Crippen MR) is 117 cm³/mol. The summed E-state index contributed by atoms with van der Waals surface area (Å²) in [5, 5.41) is 0. The van der Waals surface area contributed by atoms with Crippen molar-refractivity contribution in [2.24, 2.45) is 0 Å². The number of hydrogen-bond donors (Lipinski definition) is 0. The topological polar surface area (TPSA) is 57.0 Å². The molecule has 30 heavy (non-hydrogen) atoms. The fourth-order valence-electron chi connectivity index (χ4n) is 4.68. The van der Waals surface area contributed by atoms with Gasteiger partial charge in [-0.3, -0.25) is 14.2 Å².